The Bertz CT molecular complexity index is 4620. The highest BCUT2D eigenvalue weighted by Gasteiger charge is 2.29. The van der Waals surface area contributed by atoms with Crippen LogP contribution in [-0.4, -0.2) is 96.0 Å². The number of halogens is 8. The Morgan fingerprint density at radius 3 is 1.42 bits per heavy atom. The van der Waals surface area contributed by atoms with Gasteiger partial charge in [0.1, 0.15) is 34.2 Å². The van der Waals surface area contributed by atoms with Crippen molar-refractivity contribution >= 4 is 62.6 Å². The quantitative estimate of drug-likeness (QED) is 0.00720. The van der Waals surface area contributed by atoms with E-state index >= 15 is 0 Å². The zero-order chi connectivity index (χ0) is 70.1. The molecule has 0 saturated heterocycles. The van der Waals surface area contributed by atoms with Crippen LogP contribution in [0.5, 0.6) is 23.0 Å². The minimum Gasteiger partial charge on any atom is -0.550 e. The number of nitrogens with one attached hydrogen (secondary N) is 1. The molecular formula is C71H71F8N8O9+. The Hall–Kier alpha value is -10.9. The van der Waals surface area contributed by atoms with Crippen molar-refractivity contribution in [2.24, 2.45) is 0 Å². The third-order valence-corrected chi connectivity index (χ3v) is 15.5. The van der Waals surface area contributed by atoms with Crippen LogP contribution >= 0.6 is 0 Å². The summed E-state index contributed by atoms with van der Waals surface area (Å²) >= 11 is 0. The zero-order valence-corrected chi connectivity index (χ0v) is 54.3. The summed E-state index contributed by atoms with van der Waals surface area (Å²) in [5, 5.41) is 27.6. The maximum Gasteiger partial charge on any atom is 0.451 e. The number of amidine groups is 1. The smallest absolute Gasteiger partial charge is 0.451 e. The van der Waals surface area contributed by atoms with Crippen molar-refractivity contribution < 1.29 is 87.6 Å². The van der Waals surface area contributed by atoms with Crippen molar-refractivity contribution in [3.63, 3.8) is 0 Å². The Morgan fingerprint density at radius 2 is 1.00 bits per heavy atom. The minimum atomic E-state index is -1.77. The van der Waals surface area contributed by atoms with Gasteiger partial charge < -0.3 is 64.4 Å². The molecule has 7 N–H and O–H groups in total. The molecule has 6 aromatic carbocycles. The number of aryl methyl sites for hydroxylation is 2. The van der Waals surface area contributed by atoms with Crippen molar-refractivity contribution in [2.45, 2.75) is 53.4 Å². The van der Waals surface area contributed by atoms with E-state index in [0.29, 0.717) is 82.3 Å². The fraction of sp³-hybridized carbons (Fsp3) is 0.254. The van der Waals surface area contributed by atoms with Crippen molar-refractivity contribution in [3.8, 4) is 67.9 Å². The summed E-state index contributed by atoms with van der Waals surface area (Å²) in [6.07, 6.45) is 0.512. The summed E-state index contributed by atoms with van der Waals surface area (Å²) in [7, 11) is 9.44. The first-order chi connectivity index (χ1) is 45.6. The molecule has 2 aliphatic carbocycles. The second-order valence-electron chi connectivity index (χ2n) is 22.6. The summed E-state index contributed by atoms with van der Waals surface area (Å²) in [5.41, 5.74) is 23.5. The maximum absolute atomic E-state index is 13.9. The second kappa shape index (κ2) is 30.5. The molecule has 0 amide bonds. The Labute approximate surface area is 547 Å². The number of hydrogen-bond donors (Lipinski definition) is 4. The molecule has 0 fully saturated rings. The average Bonchev–Trinajstić information content (AvgIpc) is 0.753. The maximum atomic E-state index is 13.9. The van der Waals surface area contributed by atoms with Gasteiger partial charge in [0.25, 0.3) is 0 Å². The topological polar surface area (TPSA) is 235 Å². The normalized spacial score (nSPS) is 11.0. The number of benzene rings is 8. The van der Waals surface area contributed by atoms with E-state index in [0.717, 1.165) is 73.2 Å². The van der Waals surface area contributed by atoms with Crippen molar-refractivity contribution in [1.29, 1.82) is 5.41 Å². The fourth-order valence-corrected chi connectivity index (χ4v) is 11.0. The van der Waals surface area contributed by atoms with Crippen LogP contribution in [0, 0.1) is 65.8 Å². The molecule has 25 heteroatoms. The monoisotopic (exact) mass is 1330 g/mol. The molecule has 2 heterocycles. The SMILES string of the molecule is CCN(CCCC(=O)Oc1c(F)c(F)cc(F)c1F)c1cc(OC)c(-c2c3ccc(=N)cc-3oc3cc(N)ccc23)cc1C.CCN(CCCC(=O)[O-])c1cc(OC)c(-c2c3ccc(=[NH2+])cc-3oc3cc(N)ccc23)cc1C.CN(C)C(Oc1c(F)c(F)cc(F)c1F)=[N+](C)C. The number of nitrogens with two attached hydrogens (primary N) is 3. The van der Waals surface area contributed by atoms with Gasteiger partial charge in [0.2, 0.25) is 34.8 Å². The lowest BCUT2D eigenvalue weighted by Crippen LogP contribution is -2.44. The zero-order valence-electron chi connectivity index (χ0n) is 54.3. The largest absolute Gasteiger partial charge is 0.550 e. The highest BCUT2D eigenvalue weighted by atomic mass is 19.2. The third-order valence-electron chi connectivity index (χ3n) is 15.5. The predicted molar refractivity (Wildman–Crippen MR) is 348 cm³/mol. The number of carbonyl (C=O) groups is 2. The highest BCUT2D eigenvalue weighted by molar-refractivity contribution is 6.05. The first-order valence-electron chi connectivity index (χ1n) is 30.1. The van der Waals surface area contributed by atoms with E-state index in [4.69, 9.17) is 45.3 Å². The number of ether oxygens (including phenoxy) is 4. The van der Waals surface area contributed by atoms with Gasteiger partial charge in [-0.2, -0.15) is 17.6 Å². The van der Waals surface area contributed by atoms with Crippen LogP contribution in [-0.2, 0) is 9.59 Å². The third kappa shape index (κ3) is 15.7. The summed E-state index contributed by atoms with van der Waals surface area (Å²) in [4.78, 5) is 28.7. The minimum absolute atomic E-state index is 0.0257. The van der Waals surface area contributed by atoms with Gasteiger partial charge in [-0.1, -0.05) is 0 Å². The number of nitrogens with zero attached hydrogens (tertiary/aromatic N) is 4. The number of aliphatic carboxylic acids is 1. The predicted octanol–water partition coefficient (Wildman–Crippen LogP) is 11.3. The standard InChI is InChI=1S/C33H29F4N3O4.C27H29N3O4.C11H13F4N2O/c1-4-40(11-5-6-29(41)44-33-31(36)23(34)15-24(35)32(33)37)25-16-26(42-3)22(12-17(25)2)30-20-9-7-18(38)13-27(20)43-28-14-19(39)8-10-21(28)30;1-4-30(11-5-6-26(31)32)22-15-23(33-3)21(12-16(22)2)27-19-9-7-17(28)13-24(19)34-25-14-18(29)8-10-20(25)27;1-16(2)11(17(3)4)18-10-8(14)6(12)5-7(13)9(10)15/h7-10,12-16,38H,4-6,11,39H2,1-3H3;7-10,12-15,28H,4-6,11,29H2,1-3H3,(H,31,32);5H,1-4H3/q;;+1. The number of carbonyl (C=O) groups excluding carboxylic acids is 2. The second-order valence-corrected chi connectivity index (χ2v) is 22.6. The summed E-state index contributed by atoms with van der Waals surface area (Å²) in [6.45, 7) is 10.2. The molecular weight excluding hydrogens is 1260 g/mol. The summed E-state index contributed by atoms with van der Waals surface area (Å²) < 4.78 is 142. The molecule has 0 radical (unpaired) electrons. The Kier molecular flexibility index (Phi) is 22.5. The molecule has 2 aliphatic heterocycles. The number of carboxylic acid groups (broad SMARTS) is 1. The van der Waals surface area contributed by atoms with Gasteiger partial charge in [-0.15, -0.1) is 0 Å². The Balaban J connectivity index is 0.000000200. The number of anilines is 4. The molecule has 17 nitrogen and oxygen atoms in total. The highest BCUT2D eigenvalue weighted by Crippen LogP contribution is 2.48. The fourth-order valence-electron chi connectivity index (χ4n) is 11.0. The molecule has 0 saturated carbocycles. The van der Waals surface area contributed by atoms with E-state index in [1.54, 1.807) is 66.7 Å². The van der Waals surface area contributed by atoms with Gasteiger partial charge >= 0.3 is 12.0 Å². The van der Waals surface area contributed by atoms with Gasteiger partial charge in [-0.3, -0.25) is 10.2 Å². The lowest BCUT2D eigenvalue weighted by molar-refractivity contribution is -0.478. The van der Waals surface area contributed by atoms with Crippen LogP contribution in [0.1, 0.15) is 50.7 Å². The van der Waals surface area contributed by atoms with Crippen LogP contribution in [0.2, 0.25) is 0 Å². The van der Waals surface area contributed by atoms with E-state index in [1.165, 1.54) is 9.48 Å². The van der Waals surface area contributed by atoms with Crippen molar-refractivity contribution in [2.75, 3.05) is 89.9 Å². The number of hydrogen-bond acceptors (Lipinski definition) is 14. The van der Waals surface area contributed by atoms with E-state index in [9.17, 15) is 49.8 Å². The molecule has 0 aromatic heterocycles. The molecule has 0 bridgehead atoms. The molecule has 6 aromatic rings. The molecule has 10 rings (SSSR count). The lowest BCUT2D eigenvalue weighted by Gasteiger charge is -2.27. The van der Waals surface area contributed by atoms with Crippen LogP contribution in [0.25, 0.3) is 66.8 Å². The molecule has 504 valence electrons. The molecule has 0 spiro atoms. The van der Waals surface area contributed by atoms with Gasteiger partial charge in [-0.25, -0.2) is 27.0 Å². The van der Waals surface area contributed by atoms with E-state index in [-0.39, 0.29) is 37.4 Å². The van der Waals surface area contributed by atoms with Crippen LogP contribution < -0.4 is 61.4 Å². The number of nitrogen functional groups attached to an aromatic ring is 2. The van der Waals surface area contributed by atoms with Gasteiger partial charge in [0, 0.05) is 154 Å². The molecule has 0 unspecified atom stereocenters. The first kappa shape index (κ1) is 71.0. The van der Waals surface area contributed by atoms with Crippen LogP contribution in [0.15, 0.2) is 118 Å². The summed E-state index contributed by atoms with van der Waals surface area (Å²) in [6, 6.07) is 30.0. The number of rotatable bonds is 18. The van der Waals surface area contributed by atoms with Crippen molar-refractivity contribution in [3.05, 3.63) is 178 Å². The van der Waals surface area contributed by atoms with Gasteiger partial charge in [-0.05, 0) is 113 Å². The lowest BCUT2D eigenvalue weighted by atomic mass is 9.91. The molecule has 4 aliphatic rings. The van der Waals surface area contributed by atoms with Crippen molar-refractivity contribution in [1.82, 2.24) is 4.90 Å². The molecule has 0 atom stereocenters. The number of fused-ring (bicyclic) bond motifs is 4. The molecule has 96 heavy (non-hydrogen) atoms. The van der Waals surface area contributed by atoms with E-state index in [1.807, 2.05) is 99.3 Å². The number of esters is 1. The van der Waals surface area contributed by atoms with Crippen LogP contribution in [0.4, 0.5) is 57.9 Å². The number of carboxylic acids is 1. The van der Waals surface area contributed by atoms with Gasteiger partial charge in [0.05, 0.1) is 53.8 Å². The van der Waals surface area contributed by atoms with Crippen LogP contribution in [0.3, 0.4) is 0 Å². The average molecular weight is 1330 g/mol. The summed E-state index contributed by atoms with van der Waals surface area (Å²) in [5.74, 6) is -15.1. The van der Waals surface area contributed by atoms with Gasteiger partial charge in [0.15, 0.2) is 28.6 Å². The van der Waals surface area contributed by atoms with E-state index in [2.05, 4.69) is 15.7 Å². The first-order valence-corrected chi connectivity index (χ1v) is 30.1. The Morgan fingerprint density at radius 1 is 0.573 bits per heavy atom. The number of methoxy groups -OCH3 is 2. The van der Waals surface area contributed by atoms with E-state index < -0.39 is 70.0 Å².